The van der Waals surface area contributed by atoms with Crippen LogP contribution >= 0.6 is 0 Å². The molecule has 0 aliphatic rings. The number of rotatable bonds is 11. The number of hydrogen-bond acceptors (Lipinski definition) is 8. The Morgan fingerprint density at radius 1 is 0.700 bits per heavy atom. The zero-order valence-electron chi connectivity index (χ0n) is 12.2. The lowest BCUT2D eigenvalue weighted by molar-refractivity contribution is -0.506. The molecule has 8 nitrogen and oxygen atoms in total. The van der Waals surface area contributed by atoms with Gasteiger partial charge in [0, 0.05) is 19.8 Å². The quantitative estimate of drug-likeness (QED) is 0.288. The number of aliphatic hydroxyl groups excluding tert-OH is 3. The van der Waals surface area contributed by atoms with Crippen molar-refractivity contribution in [2.75, 3.05) is 39.6 Å². The van der Waals surface area contributed by atoms with E-state index in [0.29, 0.717) is 0 Å². The van der Waals surface area contributed by atoms with Crippen LogP contribution in [0.25, 0.3) is 0 Å². The van der Waals surface area contributed by atoms with Gasteiger partial charge in [-0.25, -0.2) is 0 Å². The molecule has 0 spiro atoms. The van der Waals surface area contributed by atoms with E-state index < -0.39 is 37.0 Å². The SMILES string of the molecule is CCOC(O)(O)C(OCC)(OCC)C(CO)(CO)CO. The van der Waals surface area contributed by atoms with Crippen molar-refractivity contribution in [3.05, 3.63) is 0 Å². The summed E-state index contributed by atoms with van der Waals surface area (Å²) in [6.07, 6.45) is 0. The lowest BCUT2D eigenvalue weighted by Crippen LogP contribution is -2.71. The van der Waals surface area contributed by atoms with Crippen molar-refractivity contribution in [1.82, 2.24) is 0 Å². The fourth-order valence-electron chi connectivity index (χ4n) is 2.05. The van der Waals surface area contributed by atoms with Gasteiger partial charge >= 0.3 is 5.97 Å². The summed E-state index contributed by atoms with van der Waals surface area (Å²) in [5.74, 6) is -5.32. The van der Waals surface area contributed by atoms with Gasteiger partial charge in [0.1, 0.15) is 5.41 Å². The Morgan fingerprint density at radius 2 is 1.05 bits per heavy atom. The fraction of sp³-hybridized carbons (Fsp3) is 1.00. The highest BCUT2D eigenvalue weighted by molar-refractivity contribution is 4.99. The molecule has 0 aromatic heterocycles. The first-order valence-electron chi connectivity index (χ1n) is 6.56. The highest BCUT2D eigenvalue weighted by Gasteiger charge is 2.66. The van der Waals surface area contributed by atoms with Crippen LogP contribution in [-0.2, 0) is 14.2 Å². The maximum atomic E-state index is 10.2. The zero-order valence-corrected chi connectivity index (χ0v) is 12.2. The largest absolute Gasteiger partial charge is 0.395 e. The first-order valence-corrected chi connectivity index (χ1v) is 6.56. The third-order valence-electron chi connectivity index (χ3n) is 3.08. The van der Waals surface area contributed by atoms with Crippen molar-refractivity contribution < 1.29 is 39.7 Å². The van der Waals surface area contributed by atoms with Crippen molar-refractivity contribution in [2.24, 2.45) is 5.41 Å². The van der Waals surface area contributed by atoms with Crippen LogP contribution in [0.2, 0.25) is 0 Å². The van der Waals surface area contributed by atoms with Gasteiger partial charge in [-0.2, -0.15) is 0 Å². The maximum Gasteiger partial charge on any atom is 0.336 e. The summed E-state index contributed by atoms with van der Waals surface area (Å²) in [4.78, 5) is 0. The van der Waals surface area contributed by atoms with Gasteiger partial charge in [-0.3, -0.25) is 0 Å². The van der Waals surface area contributed by atoms with Crippen LogP contribution in [0, 0.1) is 5.41 Å². The van der Waals surface area contributed by atoms with Gasteiger partial charge in [0.2, 0.25) is 0 Å². The Labute approximate surface area is 118 Å². The molecule has 0 saturated carbocycles. The highest BCUT2D eigenvalue weighted by Crippen LogP contribution is 2.43. The van der Waals surface area contributed by atoms with E-state index >= 15 is 0 Å². The Morgan fingerprint density at radius 3 is 1.30 bits per heavy atom. The minimum Gasteiger partial charge on any atom is -0.395 e. The molecule has 0 aliphatic heterocycles. The molecule has 20 heavy (non-hydrogen) atoms. The molecule has 0 radical (unpaired) electrons. The molecule has 0 heterocycles. The minimum atomic E-state index is -2.97. The van der Waals surface area contributed by atoms with Crippen LogP contribution in [0.5, 0.6) is 0 Å². The summed E-state index contributed by atoms with van der Waals surface area (Å²) in [6, 6.07) is 0. The van der Waals surface area contributed by atoms with Crippen LogP contribution < -0.4 is 0 Å². The second kappa shape index (κ2) is 8.20. The number of ether oxygens (including phenoxy) is 3. The van der Waals surface area contributed by atoms with Crippen molar-refractivity contribution in [3.63, 3.8) is 0 Å². The minimum absolute atomic E-state index is 0.0301. The Hall–Kier alpha value is -0.320. The predicted molar refractivity (Wildman–Crippen MR) is 68.5 cm³/mol. The highest BCUT2D eigenvalue weighted by atomic mass is 16.8. The Balaban J connectivity index is 5.97. The monoisotopic (exact) mass is 298 g/mol. The lowest BCUT2D eigenvalue weighted by atomic mass is 9.79. The maximum absolute atomic E-state index is 10.2. The topological polar surface area (TPSA) is 129 Å². The summed E-state index contributed by atoms with van der Waals surface area (Å²) in [6.45, 7) is 2.06. The Kier molecular flexibility index (Phi) is 8.07. The molecule has 122 valence electrons. The molecule has 0 fully saturated rings. The van der Waals surface area contributed by atoms with Gasteiger partial charge in [0.15, 0.2) is 0 Å². The van der Waals surface area contributed by atoms with E-state index in [-0.39, 0.29) is 19.8 Å². The van der Waals surface area contributed by atoms with Crippen LogP contribution in [0.3, 0.4) is 0 Å². The summed E-state index contributed by atoms with van der Waals surface area (Å²) >= 11 is 0. The van der Waals surface area contributed by atoms with Gasteiger partial charge < -0.3 is 39.7 Å². The van der Waals surface area contributed by atoms with Crippen molar-refractivity contribution in [3.8, 4) is 0 Å². The molecule has 0 saturated heterocycles. The molecule has 0 atom stereocenters. The average molecular weight is 298 g/mol. The molecule has 0 aromatic carbocycles. The number of hydrogen-bond donors (Lipinski definition) is 5. The molecule has 0 bridgehead atoms. The van der Waals surface area contributed by atoms with Crippen molar-refractivity contribution in [2.45, 2.75) is 32.5 Å². The second-order valence-corrected chi connectivity index (χ2v) is 4.28. The third kappa shape index (κ3) is 3.29. The number of aliphatic hydroxyl groups is 5. The van der Waals surface area contributed by atoms with Gasteiger partial charge in [0.25, 0.3) is 5.79 Å². The molecule has 0 unspecified atom stereocenters. The van der Waals surface area contributed by atoms with Gasteiger partial charge in [-0.05, 0) is 20.8 Å². The van der Waals surface area contributed by atoms with E-state index in [1.807, 2.05) is 0 Å². The molecular formula is C12H26O8. The van der Waals surface area contributed by atoms with E-state index in [4.69, 9.17) is 14.2 Å². The molecule has 0 aromatic rings. The summed E-state index contributed by atoms with van der Waals surface area (Å²) in [5.41, 5.74) is -1.88. The fourth-order valence-corrected chi connectivity index (χ4v) is 2.05. The van der Waals surface area contributed by atoms with Crippen molar-refractivity contribution in [1.29, 1.82) is 0 Å². The molecule has 0 amide bonds. The van der Waals surface area contributed by atoms with Crippen molar-refractivity contribution >= 4 is 0 Å². The third-order valence-corrected chi connectivity index (χ3v) is 3.08. The van der Waals surface area contributed by atoms with E-state index in [9.17, 15) is 25.5 Å². The van der Waals surface area contributed by atoms with Crippen LogP contribution in [0.1, 0.15) is 20.8 Å². The zero-order chi connectivity index (χ0) is 15.9. The van der Waals surface area contributed by atoms with Gasteiger partial charge in [-0.15, -0.1) is 0 Å². The molecule has 0 aliphatic carbocycles. The van der Waals surface area contributed by atoms with E-state index in [2.05, 4.69) is 0 Å². The van der Waals surface area contributed by atoms with E-state index in [0.717, 1.165) is 0 Å². The second-order valence-electron chi connectivity index (χ2n) is 4.28. The first kappa shape index (κ1) is 19.7. The molecule has 8 heteroatoms. The summed E-state index contributed by atoms with van der Waals surface area (Å²) in [7, 11) is 0. The normalized spacial score (nSPS) is 13.8. The summed E-state index contributed by atoms with van der Waals surface area (Å²) < 4.78 is 15.4. The molecule has 5 N–H and O–H groups in total. The van der Waals surface area contributed by atoms with Gasteiger partial charge in [0.05, 0.1) is 19.8 Å². The molecular weight excluding hydrogens is 272 g/mol. The van der Waals surface area contributed by atoms with Crippen LogP contribution in [0.4, 0.5) is 0 Å². The van der Waals surface area contributed by atoms with Crippen LogP contribution in [-0.4, -0.2) is 76.9 Å². The summed E-state index contributed by atoms with van der Waals surface area (Å²) in [5, 5.41) is 48.9. The van der Waals surface area contributed by atoms with Crippen LogP contribution in [0.15, 0.2) is 0 Å². The average Bonchev–Trinajstić information content (AvgIpc) is 2.41. The van der Waals surface area contributed by atoms with Gasteiger partial charge in [-0.1, -0.05) is 0 Å². The molecule has 0 rings (SSSR count). The standard InChI is InChI=1S/C12H26O8/c1-4-18-11(19-5-2,12(16,17)20-6-3)10(7-13,8-14)9-15/h13-17H,4-9H2,1-3H3. The first-order chi connectivity index (χ1) is 9.36. The lowest BCUT2D eigenvalue weighted by Gasteiger charge is -2.51. The Bertz CT molecular complexity index is 250. The van der Waals surface area contributed by atoms with E-state index in [1.165, 1.54) is 6.92 Å². The predicted octanol–water partition coefficient (Wildman–Crippen LogP) is -1.61. The smallest absolute Gasteiger partial charge is 0.336 e. The van der Waals surface area contributed by atoms with E-state index in [1.54, 1.807) is 13.8 Å².